The highest BCUT2D eigenvalue weighted by Gasteiger charge is 2.22. The van der Waals surface area contributed by atoms with Crippen LogP contribution in [0.15, 0.2) is 88.4 Å². The number of anilines is 2. The summed E-state index contributed by atoms with van der Waals surface area (Å²) in [6, 6.07) is 22.2. The molecule has 9 heteroatoms. The van der Waals surface area contributed by atoms with Crippen molar-refractivity contribution in [3.63, 3.8) is 0 Å². The molecule has 0 saturated carbocycles. The number of carbonyl (C=O) groups excluding carboxylic acids is 1. The molecule has 1 aromatic heterocycles. The summed E-state index contributed by atoms with van der Waals surface area (Å²) in [4.78, 5) is 18.2. The number of para-hydroxylation sites is 3. The van der Waals surface area contributed by atoms with Crippen LogP contribution in [0.25, 0.3) is 22.0 Å². The van der Waals surface area contributed by atoms with Crippen LogP contribution in [0.3, 0.4) is 0 Å². The Kier molecular flexibility index (Phi) is 5.48. The summed E-state index contributed by atoms with van der Waals surface area (Å²) in [5.41, 5.74) is 8.59. The zero-order valence-electron chi connectivity index (χ0n) is 16.1. The molecule has 0 spiro atoms. The lowest BCUT2D eigenvalue weighted by molar-refractivity contribution is 0.256. The van der Waals surface area contributed by atoms with E-state index < -0.39 is 16.1 Å². The van der Waals surface area contributed by atoms with Crippen LogP contribution in [-0.2, 0) is 10.0 Å². The standard InChI is InChI=1S/C22H17BrN4O3S/c23-17-9-2-4-11-19(17)27(22(24)28)18-10-3-1-7-15(18)16-8-5-6-14-12-13-20(26-21(14)16)31(25,29)30/h1-13H,(H2,24,28)(H2,25,29,30). The number of benzene rings is 3. The summed E-state index contributed by atoms with van der Waals surface area (Å²) >= 11 is 3.47. The number of rotatable bonds is 4. The Morgan fingerprint density at radius 1 is 0.839 bits per heavy atom. The fourth-order valence-electron chi connectivity index (χ4n) is 3.40. The van der Waals surface area contributed by atoms with Gasteiger partial charge in [0.2, 0.25) is 0 Å². The molecule has 4 N–H and O–H groups in total. The van der Waals surface area contributed by atoms with E-state index >= 15 is 0 Å². The number of aromatic nitrogens is 1. The number of nitrogens with zero attached hydrogens (tertiary/aromatic N) is 2. The first-order valence-corrected chi connectivity index (χ1v) is 11.5. The van der Waals surface area contributed by atoms with Gasteiger partial charge in [-0.1, -0.05) is 48.5 Å². The third kappa shape index (κ3) is 4.02. The number of nitrogens with two attached hydrogens (primary N) is 2. The number of primary sulfonamides is 1. The lowest BCUT2D eigenvalue weighted by Crippen LogP contribution is -2.32. The summed E-state index contributed by atoms with van der Waals surface area (Å²) in [5, 5.41) is 5.78. The Bertz CT molecular complexity index is 1420. The van der Waals surface area contributed by atoms with Crippen LogP contribution in [0.1, 0.15) is 0 Å². The van der Waals surface area contributed by atoms with E-state index in [1.807, 2.05) is 36.4 Å². The average Bonchev–Trinajstić information content (AvgIpc) is 2.74. The van der Waals surface area contributed by atoms with Crippen LogP contribution < -0.4 is 15.8 Å². The van der Waals surface area contributed by atoms with Crippen LogP contribution in [0.5, 0.6) is 0 Å². The second-order valence-corrected chi connectivity index (χ2v) is 9.08. The molecule has 1 heterocycles. The Labute approximate surface area is 187 Å². The molecule has 0 aliphatic heterocycles. The predicted octanol–water partition coefficient (Wildman–Crippen LogP) is 4.53. The van der Waals surface area contributed by atoms with Crippen molar-refractivity contribution in [2.45, 2.75) is 5.03 Å². The molecule has 0 unspecified atom stereocenters. The predicted molar refractivity (Wildman–Crippen MR) is 124 cm³/mol. The topological polar surface area (TPSA) is 119 Å². The first-order valence-electron chi connectivity index (χ1n) is 9.13. The minimum atomic E-state index is -3.98. The molecule has 0 aliphatic rings. The van der Waals surface area contributed by atoms with Crippen molar-refractivity contribution in [3.05, 3.63) is 83.3 Å². The van der Waals surface area contributed by atoms with Crippen molar-refractivity contribution in [2.75, 3.05) is 4.90 Å². The molecule has 0 bridgehead atoms. The van der Waals surface area contributed by atoms with E-state index in [0.717, 1.165) is 5.39 Å². The Morgan fingerprint density at radius 2 is 1.48 bits per heavy atom. The molecular weight excluding hydrogens is 480 g/mol. The molecule has 4 rings (SSSR count). The summed E-state index contributed by atoms with van der Waals surface area (Å²) in [7, 11) is -3.98. The number of sulfonamides is 1. The number of halogens is 1. The first kappa shape index (κ1) is 21.0. The number of primary amides is 1. The highest BCUT2D eigenvalue weighted by molar-refractivity contribution is 9.10. The first-order chi connectivity index (χ1) is 14.8. The Balaban J connectivity index is 2.01. The van der Waals surface area contributed by atoms with Crippen LogP contribution in [0.4, 0.5) is 16.2 Å². The third-order valence-electron chi connectivity index (χ3n) is 4.74. The van der Waals surface area contributed by atoms with Crippen molar-refractivity contribution in [3.8, 4) is 11.1 Å². The molecule has 0 atom stereocenters. The number of pyridine rings is 1. The molecule has 4 aromatic rings. The van der Waals surface area contributed by atoms with Crippen molar-refractivity contribution < 1.29 is 13.2 Å². The second kappa shape index (κ2) is 8.10. The number of urea groups is 1. The highest BCUT2D eigenvalue weighted by Crippen LogP contribution is 2.40. The molecule has 0 aliphatic carbocycles. The monoisotopic (exact) mass is 496 g/mol. The van der Waals surface area contributed by atoms with Crippen molar-refractivity contribution >= 4 is 54.3 Å². The quantitative estimate of drug-likeness (QED) is 0.431. The fourth-order valence-corrected chi connectivity index (χ4v) is 4.34. The molecular formula is C22H17BrN4O3S. The number of hydrogen-bond donors (Lipinski definition) is 2. The molecule has 156 valence electrons. The Hall–Kier alpha value is -3.27. The van der Waals surface area contributed by atoms with E-state index in [1.165, 1.54) is 11.0 Å². The van der Waals surface area contributed by atoms with E-state index in [4.69, 9.17) is 10.9 Å². The summed E-state index contributed by atoms with van der Waals surface area (Å²) in [6.45, 7) is 0. The smallest absolute Gasteiger partial charge is 0.323 e. The van der Waals surface area contributed by atoms with Gasteiger partial charge in [-0.25, -0.2) is 23.3 Å². The largest absolute Gasteiger partial charge is 0.351 e. The van der Waals surface area contributed by atoms with E-state index in [9.17, 15) is 13.2 Å². The van der Waals surface area contributed by atoms with Crippen LogP contribution in [0.2, 0.25) is 0 Å². The van der Waals surface area contributed by atoms with E-state index in [0.29, 0.717) is 32.5 Å². The van der Waals surface area contributed by atoms with Gasteiger partial charge < -0.3 is 5.73 Å². The Morgan fingerprint density at radius 3 is 2.16 bits per heavy atom. The maximum absolute atomic E-state index is 12.5. The van der Waals surface area contributed by atoms with Gasteiger partial charge in [-0.2, -0.15) is 0 Å². The normalized spacial score (nSPS) is 11.4. The third-order valence-corrected chi connectivity index (χ3v) is 6.22. The zero-order valence-corrected chi connectivity index (χ0v) is 18.5. The summed E-state index contributed by atoms with van der Waals surface area (Å²) in [5.74, 6) is 0. The number of fused-ring (bicyclic) bond motifs is 1. The summed E-state index contributed by atoms with van der Waals surface area (Å²) < 4.78 is 24.4. The van der Waals surface area contributed by atoms with E-state index in [2.05, 4.69) is 20.9 Å². The van der Waals surface area contributed by atoms with E-state index in [1.54, 1.807) is 36.4 Å². The van der Waals surface area contributed by atoms with Gasteiger partial charge in [0, 0.05) is 21.0 Å². The SMILES string of the molecule is NC(=O)N(c1ccccc1Br)c1ccccc1-c1cccc2ccc(S(N)(=O)=O)nc12. The maximum atomic E-state index is 12.5. The maximum Gasteiger partial charge on any atom is 0.323 e. The molecule has 7 nitrogen and oxygen atoms in total. The number of carbonyl (C=O) groups is 1. The van der Waals surface area contributed by atoms with Crippen LogP contribution in [-0.4, -0.2) is 19.4 Å². The lowest BCUT2D eigenvalue weighted by atomic mass is 9.99. The fraction of sp³-hybridized carbons (Fsp3) is 0. The van der Waals surface area contributed by atoms with Gasteiger partial charge in [0.05, 0.1) is 16.9 Å². The van der Waals surface area contributed by atoms with Gasteiger partial charge in [-0.15, -0.1) is 0 Å². The van der Waals surface area contributed by atoms with Gasteiger partial charge in [0.25, 0.3) is 10.0 Å². The molecule has 0 radical (unpaired) electrons. The average molecular weight is 497 g/mol. The van der Waals surface area contributed by atoms with Crippen LogP contribution in [0, 0.1) is 0 Å². The van der Waals surface area contributed by atoms with E-state index in [-0.39, 0.29) is 5.03 Å². The van der Waals surface area contributed by atoms with Gasteiger partial charge in [-0.05, 0) is 46.3 Å². The molecule has 2 amide bonds. The molecule has 0 saturated heterocycles. The summed E-state index contributed by atoms with van der Waals surface area (Å²) in [6.07, 6.45) is 0. The minimum absolute atomic E-state index is 0.234. The number of hydrogen-bond acceptors (Lipinski definition) is 4. The van der Waals surface area contributed by atoms with Gasteiger partial charge in [-0.3, -0.25) is 4.90 Å². The second-order valence-electron chi connectivity index (χ2n) is 6.71. The van der Waals surface area contributed by atoms with Crippen LogP contribution >= 0.6 is 15.9 Å². The number of amides is 2. The zero-order chi connectivity index (χ0) is 22.2. The molecule has 3 aromatic carbocycles. The van der Waals surface area contributed by atoms with Crippen molar-refractivity contribution in [1.29, 1.82) is 0 Å². The van der Waals surface area contributed by atoms with Gasteiger partial charge >= 0.3 is 6.03 Å². The lowest BCUT2D eigenvalue weighted by Gasteiger charge is -2.25. The van der Waals surface area contributed by atoms with Crippen molar-refractivity contribution in [2.24, 2.45) is 10.9 Å². The highest BCUT2D eigenvalue weighted by atomic mass is 79.9. The van der Waals surface area contributed by atoms with Gasteiger partial charge in [0.15, 0.2) is 5.03 Å². The van der Waals surface area contributed by atoms with Gasteiger partial charge in [0.1, 0.15) is 0 Å². The molecule has 0 fully saturated rings. The minimum Gasteiger partial charge on any atom is -0.351 e. The molecule has 31 heavy (non-hydrogen) atoms. The van der Waals surface area contributed by atoms with Crippen molar-refractivity contribution in [1.82, 2.24) is 4.98 Å².